The fourth-order valence-corrected chi connectivity index (χ4v) is 2.97. The lowest BCUT2D eigenvalue weighted by atomic mass is 10.1. The second-order valence-corrected chi connectivity index (χ2v) is 6.70. The lowest BCUT2D eigenvalue weighted by Crippen LogP contribution is -2.19. The maximum atomic E-state index is 13.1. The summed E-state index contributed by atoms with van der Waals surface area (Å²) in [4.78, 5) is 25.0. The molecule has 3 aromatic rings. The highest BCUT2D eigenvalue weighted by molar-refractivity contribution is 5.91. The van der Waals surface area contributed by atoms with Gasteiger partial charge in [-0.05, 0) is 68.7 Å². The van der Waals surface area contributed by atoms with Crippen molar-refractivity contribution in [3.63, 3.8) is 0 Å². The van der Waals surface area contributed by atoms with Crippen LogP contribution in [0.4, 0.5) is 10.1 Å². The van der Waals surface area contributed by atoms with Gasteiger partial charge in [-0.25, -0.2) is 9.07 Å². The first kappa shape index (κ1) is 18.6. The number of H-pyrrole nitrogens is 1. The fourth-order valence-electron chi connectivity index (χ4n) is 2.97. The van der Waals surface area contributed by atoms with E-state index in [0.29, 0.717) is 23.4 Å². The van der Waals surface area contributed by atoms with Crippen LogP contribution >= 0.6 is 0 Å². The Balaban J connectivity index is 1.73. The second kappa shape index (κ2) is 7.61. The van der Waals surface area contributed by atoms with Crippen LogP contribution in [-0.4, -0.2) is 15.7 Å². The monoisotopic (exact) mass is 367 g/mol. The van der Waals surface area contributed by atoms with Crippen molar-refractivity contribution in [3.05, 3.63) is 81.0 Å². The van der Waals surface area contributed by atoms with Crippen molar-refractivity contribution < 1.29 is 9.18 Å². The molecule has 0 saturated carbocycles. The van der Waals surface area contributed by atoms with E-state index in [-0.39, 0.29) is 23.7 Å². The Morgan fingerprint density at radius 2 is 1.81 bits per heavy atom. The van der Waals surface area contributed by atoms with E-state index in [4.69, 9.17) is 0 Å². The van der Waals surface area contributed by atoms with E-state index in [2.05, 4.69) is 10.4 Å². The minimum atomic E-state index is -0.363. The zero-order valence-corrected chi connectivity index (χ0v) is 15.6. The average Bonchev–Trinajstić information content (AvgIpc) is 2.91. The molecule has 1 heterocycles. The third-order valence-electron chi connectivity index (χ3n) is 4.55. The number of nitrogens with one attached hydrogen (secondary N) is 2. The second-order valence-electron chi connectivity index (χ2n) is 6.70. The highest BCUT2D eigenvalue weighted by atomic mass is 19.1. The molecular weight excluding hydrogens is 345 g/mol. The Kier molecular flexibility index (Phi) is 5.26. The van der Waals surface area contributed by atoms with Gasteiger partial charge >= 0.3 is 0 Å². The van der Waals surface area contributed by atoms with Gasteiger partial charge in [0.25, 0.3) is 5.56 Å². The topological polar surface area (TPSA) is 66.9 Å². The van der Waals surface area contributed by atoms with E-state index in [1.54, 1.807) is 6.92 Å². The number of aromatic nitrogens is 2. The van der Waals surface area contributed by atoms with Crippen LogP contribution in [0.25, 0.3) is 5.69 Å². The normalized spacial score (nSPS) is 10.8. The summed E-state index contributed by atoms with van der Waals surface area (Å²) < 4.78 is 14.5. The minimum Gasteiger partial charge on any atom is -0.326 e. The van der Waals surface area contributed by atoms with Crippen molar-refractivity contribution in [2.75, 3.05) is 5.32 Å². The Morgan fingerprint density at radius 3 is 2.52 bits per heavy atom. The zero-order valence-electron chi connectivity index (χ0n) is 15.6. The molecule has 6 heteroatoms. The summed E-state index contributed by atoms with van der Waals surface area (Å²) in [6.45, 7) is 5.70. The van der Waals surface area contributed by atoms with Crippen LogP contribution in [0.1, 0.15) is 28.8 Å². The summed E-state index contributed by atoms with van der Waals surface area (Å²) in [5.41, 5.74) is 4.42. The molecular formula is C21H22FN3O2. The van der Waals surface area contributed by atoms with Crippen molar-refractivity contribution in [2.45, 2.75) is 33.6 Å². The number of aromatic amines is 1. The molecule has 0 spiro atoms. The van der Waals surface area contributed by atoms with Crippen molar-refractivity contribution in [3.8, 4) is 5.69 Å². The minimum absolute atomic E-state index is 0.142. The fraction of sp³-hybridized carbons (Fsp3) is 0.238. The number of aryl methyl sites for hydroxylation is 3. The Morgan fingerprint density at radius 1 is 1.11 bits per heavy atom. The predicted molar refractivity (Wildman–Crippen MR) is 104 cm³/mol. The number of amides is 1. The summed E-state index contributed by atoms with van der Waals surface area (Å²) >= 11 is 0. The molecule has 27 heavy (non-hydrogen) atoms. The van der Waals surface area contributed by atoms with Gasteiger partial charge in [-0.15, -0.1) is 0 Å². The van der Waals surface area contributed by atoms with Crippen LogP contribution in [0.3, 0.4) is 0 Å². The Labute approximate surface area is 156 Å². The molecule has 0 fully saturated rings. The largest absolute Gasteiger partial charge is 0.326 e. The quantitative estimate of drug-likeness (QED) is 0.720. The van der Waals surface area contributed by atoms with Gasteiger partial charge in [-0.3, -0.25) is 14.7 Å². The third kappa shape index (κ3) is 4.16. The number of carbonyl (C=O) groups is 1. The standard InChI is InChI=1S/C21H22FN3O2/c1-13-4-5-14(2)19(12-13)23-20(26)11-10-18-15(3)24-25(21(18)27)17-8-6-16(22)7-9-17/h4-9,12,24H,10-11H2,1-3H3,(H,23,26). The van der Waals surface area contributed by atoms with Crippen molar-refractivity contribution >= 4 is 11.6 Å². The number of anilines is 1. The molecule has 2 aromatic carbocycles. The summed E-state index contributed by atoms with van der Waals surface area (Å²) in [5, 5.41) is 5.89. The van der Waals surface area contributed by atoms with Crippen LogP contribution in [0.2, 0.25) is 0 Å². The number of nitrogens with zero attached hydrogens (tertiary/aromatic N) is 1. The molecule has 140 valence electrons. The van der Waals surface area contributed by atoms with E-state index < -0.39 is 0 Å². The van der Waals surface area contributed by atoms with Crippen LogP contribution in [-0.2, 0) is 11.2 Å². The Bertz CT molecular complexity index is 1030. The van der Waals surface area contributed by atoms with Gasteiger partial charge in [0.2, 0.25) is 5.91 Å². The van der Waals surface area contributed by atoms with E-state index >= 15 is 0 Å². The Hall–Kier alpha value is -3.15. The molecule has 0 radical (unpaired) electrons. The van der Waals surface area contributed by atoms with Gasteiger partial charge in [0.15, 0.2) is 0 Å². The van der Waals surface area contributed by atoms with Crippen LogP contribution in [0.15, 0.2) is 47.3 Å². The molecule has 2 N–H and O–H groups in total. The zero-order chi connectivity index (χ0) is 19.6. The molecule has 5 nitrogen and oxygen atoms in total. The smallest absolute Gasteiger partial charge is 0.274 e. The molecule has 0 aliphatic rings. The number of hydrogen-bond acceptors (Lipinski definition) is 2. The summed E-state index contributed by atoms with van der Waals surface area (Å²) in [6, 6.07) is 11.5. The molecule has 0 saturated heterocycles. The molecule has 0 aliphatic carbocycles. The summed E-state index contributed by atoms with van der Waals surface area (Å²) in [6.07, 6.45) is 0.525. The lowest BCUT2D eigenvalue weighted by Gasteiger charge is -2.09. The lowest BCUT2D eigenvalue weighted by molar-refractivity contribution is -0.116. The maximum absolute atomic E-state index is 13.1. The number of benzene rings is 2. The van der Waals surface area contributed by atoms with Gasteiger partial charge in [-0.1, -0.05) is 12.1 Å². The SMILES string of the molecule is Cc1ccc(C)c(NC(=O)CCc2c(C)[nH]n(-c3ccc(F)cc3)c2=O)c1. The molecule has 0 unspecified atom stereocenters. The molecule has 0 bridgehead atoms. The molecule has 0 aliphatic heterocycles. The van der Waals surface area contributed by atoms with E-state index in [9.17, 15) is 14.0 Å². The third-order valence-corrected chi connectivity index (χ3v) is 4.55. The first-order valence-corrected chi connectivity index (χ1v) is 8.78. The van der Waals surface area contributed by atoms with Gasteiger partial charge in [0.1, 0.15) is 5.82 Å². The van der Waals surface area contributed by atoms with Gasteiger partial charge in [-0.2, -0.15) is 0 Å². The van der Waals surface area contributed by atoms with Gasteiger partial charge in [0.05, 0.1) is 5.69 Å². The van der Waals surface area contributed by atoms with E-state index in [0.717, 1.165) is 16.8 Å². The molecule has 1 aromatic heterocycles. The maximum Gasteiger partial charge on any atom is 0.274 e. The molecule has 0 atom stereocenters. The van der Waals surface area contributed by atoms with Crippen LogP contribution in [0, 0.1) is 26.6 Å². The average molecular weight is 367 g/mol. The van der Waals surface area contributed by atoms with Gasteiger partial charge < -0.3 is 5.32 Å². The predicted octanol–water partition coefficient (Wildman–Crippen LogP) is 3.80. The van der Waals surface area contributed by atoms with E-state index in [1.165, 1.54) is 28.9 Å². The summed E-state index contributed by atoms with van der Waals surface area (Å²) in [7, 11) is 0. The first-order valence-electron chi connectivity index (χ1n) is 8.78. The molecule has 1 amide bonds. The van der Waals surface area contributed by atoms with Gasteiger partial charge in [0, 0.05) is 23.4 Å². The number of rotatable bonds is 5. The van der Waals surface area contributed by atoms with Crippen LogP contribution < -0.4 is 10.9 Å². The van der Waals surface area contributed by atoms with Crippen molar-refractivity contribution in [1.29, 1.82) is 0 Å². The first-order chi connectivity index (χ1) is 12.8. The highest BCUT2D eigenvalue weighted by Crippen LogP contribution is 2.17. The number of halogens is 1. The number of carbonyl (C=O) groups excluding carboxylic acids is 1. The van der Waals surface area contributed by atoms with E-state index in [1.807, 2.05) is 32.0 Å². The highest BCUT2D eigenvalue weighted by Gasteiger charge is 2.14. The van der Waals surface area contributed by atoms with Crippen LogP contribution in [0.5, 0.6) is 0 Å². The molecule has 3 rings (SSSR count). The summed E-state index contributed by atoms with van der Waals surface area (Å²) in [5.74, 6) is -0.504. The van der Waals surface area contributed by atoms with Crippen molar-refractivity contribution in [1.82, 2.24) is 9.78 Å². The van der Waals surface area contributed by atoms with Crippen molar-refractivity contribution in [2.24, 2.45) is 0 Å². The number of hydrogen-bond donors (Lipinski definition) is 2.